The topological polar surface area (TPSA) is 59.6 Å². The Morgan fingerprint density at radius 1 is 1.33 bits per heavy atom. The standard InChI is InChI=1S/C15H20N4O2/c1-11-6-12(2)9-17(8-11)14(20)10-19-15(21)18-5-3-4-13(18)7-16-19/h3-5,7,11-12H,6,8-10H2,1-2H3/t11-,12+. The summed E-state index contributed by atoms with van der Waals surface area (Å²) in [5, 5.41) is 4.09. The van der Waals surface area contributed by atoms with Gasteiger partial charge < -0.3 is 4.90 Å². The monoisotopic (exact) mass is 288 g/mol. The van der Waals surface area contributed by atoms with Crippen molar-refractivity contribution in [2.45, 2.75) is 26.8 Å². The molecule has 21 heavy (non-hydrogen) atoms. The van der Waals surface area contributed by atoms with Crippen LogP contribution < -0.4 is 5.69 Å². The van der Waals surface area contributed by atoms with Gasteiger partial charge in [0.2, 0.25) is 5.91 Å². The summed E-state index contributed by atoms with van der Waals surface area (Å²) in [6, 6.07) is 3.60. The number of carbonyl (C=O) groups excluding carboxylic acids is 1. The molecule has 3 rings (SSSR count). The van der Waals surface area contributed by atoms with Crippen LogP contribution in [0.1, 0.15) is 20.3 Å². The molecule has 6 heteroatoms. The van der Waals surface area contributed by atoms with E-state index in [1.807, 2.05) is 11.0 Å². The predicted octanol–water partition coefficient (Wildman–Crippen LogP) is 1.00. The van der Waals surface area contributed by atoms with E-state index in [0.29, 0.717) is 11.8 Å². The van der Waals surface area contributed by atoms with Crippen molar-refractivity contribution in [3.8, 4) is 0 Å². The average Bonchev–Trinajstić information content (AvgIpc) is 2.90. The van der Waals surface area contributed by atoms with Crippen LogP contribution in [-0.4, -0.2) is 38.1 Å². The summed E-state index contributed by atoms with van der Waals surface area (Å²) in [6.45, 7) is 5.86. The molecule has 1 amide bonds. The van der Waals surface area contributed by atoms with Crippen LogP contribution in [0, 0.1) is 11.8 Å². The molecule has 0 spiro atoms. The van der Waals surface area contributed by atoms with Gasteiger partial charge in [-0.2, -0.15) is 5.10 Å². The van der Waals surface area contributed by atoms with Crippen LogP contribution in [0.4, 0.5) is 0 Å². The molecule has 0 aromatic carbocycles. The average molecular weight is 288 g/mol. The number of carbonyl (C=O) groups is 1. The number of aromatic nitrogens is 3. The summed E-state index contributed by atoms with van der Waals surface area (Å²) in [7, 11) is 0. The lowest BCUT2D eigenvalue weighted by molar-refractivity contribution is -0.134. The van der Waals surface area contributed by atoms with Crippen molar-refractivity contribution in [2.75, 3.05) is 13.1 Å². The predicted molar refractivity (Wildman–Crippen MR) is 79.0 cm³/mol. The fourth-order valence-electron chi connectivity index (χ4n) is 3.18. The Labute approximate surface area is 123 Å². The van der Waals surface area contributed by atoms with E-state index in [2.05, 4.69) is 18.9 Å². The summed E-state index contributed by atoms with van der Waals surface area (Å²) >= 11 is 0. The zero-order valence-corrected chi connectivity index (χ0v) is 12.4. The fraction of sp³-hybridized carbons (Fsp3) is 0.533. The molecular weight excluding hydrogens is 268 g/mol. The number of likely N-dealkylation sites (tertiary alicyclic amines) is 1. The highest BCUT2D eigenvalue weighted by atomic mass is 16.2. The molecule has 0 N–H and O–H groups in total. The lowest BCUT2D eigenvalue weighted by atomic mass is 9.92. The Morgan fingerprint density at radius 2 is 2.05 bits per heavy atom. The van der Waals surface area contributed by atoms with Gasteiger partial charge >= 0.3 is 5.69 Å². The second kappa shape index (κ2) is 5.35. The van der Waals surface area contributed by atoms with Crippen molar-refractivity contribution in [1.82, 2.24) is 19.1 Å². The van der Waals surface area contributed by atoms with Crippen LogP contribution in [0.25, 0.3) is 5.52 Å². The number of nitrogens with zero attached hydrogens (tertiary/aromatic N) is 4. The van der Waals surface area contributed by atoms with Gasteiger partial charge in [-0.25, -0.2) is 9.48 Å². The highest BCUT2D eigenvalue weighted by Gasteiger charge is 2.25. The van der Waals surface area contributed by atoms with E-state index < -0.39 is 0 Å². The van der Waals surface area contributed by atoms with Crippen LogP contribution in [-0.2, 0) is 11.3 Å². The van der Waals surface area contributed by atoms with Gasteiger partial charge in [-0.3, -0.25) is 9.20 Å². The van der Waals surface area contributed by atoms with Crippen molar-refractivity contribution in [1.29, 1.82) is 0 Å². The molecule has 6 nitrogen and oxygen atoms in total. The SMILES string of the molecule is C[C@@H]1C[C@H](C)CN(C(=O)Cn2ncc3cccn3c2=O)C1. The third-order valence-corrected chi connectivity index (χ3v) is 4.04. The molecule has 2 aromatic rings. The van der Waals surface area contributed by atoms with Crippen molar-refractivity contribution >= 4 is 11.4 Å². The first kappa shape index (κ1) is 13.9. The van der Waals surface area contributed by atoms with Crippen LogP contribution in [0.5, 0.6) is 0 Å². The number of fused-ring (bicyclic) bond motifs is 1. The zero-order chi connectivity index (χ0) is 15.0. The Bertz CT molecular complexity index is 708. The molecule has 112 valence electrons. The van der Waals surface area contributed by atoms with Crippen LogP contribution in [0.3, 0.4) is 0 Å². The Morgan fingerprint density at radius 3 is 2.76 bits per heavy atom. The van der Waals surface area contributed by atoms with Gasteiger partial charge in [-0.1, -0.05) is 13.8 Å². The summed E-state index contributed by atoms with van der Waals surface area (Å²) < 4.78 is 2.74. The smallest absolute Gasteiger partial charge is 0.341 e. The molecule has 0 aliphatic carbocycles. The summed E-state index contributed by atoms with van der Waals surface area (Å²) in [5.41, 5.74) is 0.466. The molecule has 1 aliphatic rings. The van der Waals surface area contributed by atoms with Crippen molar-refractivity contribution in [3.05, 3.63) is 35.0 Å². The number of piperidine rings is 1. The first-order valence-electron chi connectivity index (χ1n) is 7.35. The molecule has 0 unspecified atom stereocenters. The first-order chi connectivity index (χ1) is 10.0. The zero-order valence-electron chi connectivity index (χ0n) is 12.4. The maximum absolute atomic E-state index is 12.4. The Balaban J connectivity index is 1.80. The van der Waals surface area contributed by atoms with Gasteiger partial charge in [0, 0.05) is 19.3 Å². The molecular formula is C15H20N4O2. The molecule has 2 aromatic heterocycles. The lowest BCUT2D eigenvalue weighted by Gasteiger charge is -2.35. The molecule has 2 atom stereocenters. The maximum atomic E-state index is 12.4. The minimum atomic E-state index is -0.274. The van der Waals surface area contributed by atoms with E-state index >= 15 is 0 Å². The summed E-state index contributed by atoms with van der Waals surface area (Å²) in [5.74, 6) is 0.984. The molecule has 0 saturated carbocycles. The third-order valence-electron chi connectivity index (χ3n) is 4.04. The van der Waals surface area contributed by atoms with Crippen LogP contribution in [0.2, 0.25) is 0 Å². The quantitative estimate of drug-likeness (QED) is 0.828. The third kappa shape index (κ3) is 2.70. The number of amides is 1. The van der Waals surface area contributed by atoms with Crippen LogP contribution >= 0.6 is 0 Å². The van der Waals surface area contributed by atoms with E-state index in [9.17, 15) is 9.59 Å². The van der Waals surface area contributed by atoms with Gasteiger partial charge in [-0.15, -0.1) is 0 Å². The minimum absolute atomic E-state index is 0.00634. The van der Waals surface area contributed by atoms with Gasteiger partial charge in [0.15, 0.2) is 0 Å². The highest BCUT2D eigenvalue weighted by molar-refractivity contribution is 5.76. The Hall–Kier alpha value is -2.11. The minimum Gasteiger partial charge on any atom is -0.341 e. The van der Waals surface area contributed by atoms with Gasteiger partial charge in [0.1, 0.15) is 6.54 Å². The van der Waals surface area contributed by atoms with E-state index in [0.717, 1.165) is 25.0 Å². The van der Waals surface area contributed by atoms with E-state index in [1.54, 1.807) is 18.5 Å². The van der Waals surface area contributed by atoms with Crippen molar-refractivity contribution in [3.63, 3.8) is 0 Å². The van der Waals surface area contributed by atoms with E-state index in [1.165, 1.54) is 9.08 Å². The number of rotatable bonds is 2. The van der Waals surface area contributed by atoms with Crippen molar-refractivity contribution in [2.24, 2.45) is 11.8 Å². The molecule has 3 heterocycles. The highest BCUT2D eigenvalue weighted by Crippen LogP contribution is 2.20. The van der Waals surface area contributed by atoms with Gasteiger partial charge in [0.05, 0.1) is 11.7 Å². The normalized spacial score (nSPS) is 22.7. The fourth-order valence-corrected chi connectivity index (χ4v) is 3.18. The maximum Gasteiger partial charge on any atom is 0.349 e. The van der Waals surface area contributed by atoms with Crippen LogP contribution in [0.15, 0.2) is 29.3 Å². The lowest BCUT2D eigenvalue weighted by Crippen LogP contribution is -2.45. The summed E-state index contributed by atoms with van der Waals surface area (Å²) in [6.07, 6.45) is 4.44. The molecule has 0 bridgehead atoms. The first-order valence-corrected chi connectivity index (χ1v) is 7.35. The Kier molecular flexibility index (Phi) is 3.53. The number of hydrogen-bond acceptors (Lipinski definition) is 3. The van der Waals surface area contributed by atoms with Gasteiger partial charge in [0.25, 0.3) is 0 Å². The molecule has 0 radical (unpaired) electrons. The van der Waals surface area contributed by atoms with Crippen molar-refractivity contribution < 1.29 is 4.79 Å². The van der Waals surface area contributed by atoms with Gasteiger partial charge in [-0.05, 0) is 30.4 Å². The largest absolute Gasteiger partial charge is 0.349 e. The van der Waals surface area contributed by atoms with E-state index in [4.69, 9.17) is 0 Å². The number of hydrogen-bond donors (Lipinski definition) is 0. The summed E-state index contributed by atoms with van der Waals surface area (Å²) in [4.78, 5) is 26.5. The molecule has 1 saturated heterocycles. The molecule has 1 fully saturated rings. The second-order valence-electron chi connectivity index (χ2n) is 6.13. The second-order valence-corrected chi connectivity index (χ2v) is 6.13. The molecule has 1 aliphatic heterocycles. The van der Waals surface area contributed by atoms with E-state index in [-0.39, 0.29) is 18.1 Å².